The van der Waals surface area contributed by atoms with Crippen molar-refractivity contribution < 1.29 is 9.18 Å². The number of rotatable bonds is 3. The number of carbonyl (C=O) groups excluding carboxylic acids is 1. The molecule has 6 heteroatoms. The predicted molar refractivity (Wildman–Crippen MR) is 65.3 cm³/mol. The van der Waals surface area contributed by atoms with E-state index >= 15 is 0 Å². The van der Waals surface area contributed by atoms with Gasteiger partial charge in [-0.15, -0.1) is 0 Å². The molecule has 2 aromatic rings. The van der Waals surface area contributed by atoms with E-state index in [1.807, 2.05) is 6.92 Å². The van der Waals surface area contributed by atoms with Gasteiger partial charge in [0.15, 0.2) is 0 Å². The second-order valence-electron chi connectivity index (χ2n) is 3.96. The van der Waals surface area contributed by atoms with Crippen LogP contribution in [0, 0.1) is 5.82 Å². The highest BCUT2D eigenvalue weighted by molar-refractivity contribution is 5.95. The average molecular weight is 248 g/mol. The molecule has 94 valence electrons. The number of nitrogens with zero attached hydrogens (tertiary/aromatic N) is 1. The van der Waals surface area contributed by atoms with Gasteiger partial charge in [0.1, 0.15) is 5.82 Å². The number of carbonyl (C=O) groups is 1. The van der Waals surface area contributed by atoms with Crippen molar-refractivity contribution in [3.05, 3.63) is 47.5 Å². The Hall–Kier alpha value is -2.37. The van der Waals surface area contributed by atoms with Gasteiger partial charge in [-0.2, -0.15) is 5.10 Å². The van der Waals surface area contributed by atoms with E-state index in [4.69, 9.17) is 5.73 Å². The number of amides is 1. The van der Waals surface area contributed by atoms with Crippen LogP contribution in [0.5, 0.6) is 0 Å². The monoisotopic (exact) mass is 248 g/mol. The number of nitrogens with two attached hydrogens (primary N) is 1. The van der Waals surface area contributed by atoms with Gasteiger partial charge in [0.2, 0.25) is 0 Å². The summed E-state index contributed by atoms with van der Waals surface area (Å²) in [6.07, 6.45) is 3.33. The van der Waals surface area contributed by atoms with E-state index in [1.54, 1.807) is 12.4 Å². The molecule has 0 radical (unpaired) electrons. The molecule has 0 aliphatic carbocycles. The van der Waals surface area contributed by atoms with Crippen molar-refractivity contribution in [2.24, 2.45) is 0 Å². The molecule has 0 aliphatic rings. The molecule has 1 atom stereocenters. The van der Waals surface area contributed by atoms with Crippen LogP contribution in [0.15, 0.2) is 30.6 Å². The molecular weight excluding hydrogens is 235 g/mol. The fourth-order valence-corrected chi connectivity index (χ4v) is 1.55. The number of anilines is 1. The Morgan fingerprint density at radius 1 is 1.56 bits per heavy atom. The number of benzene rings is 1. The lowest BCUT2D eigenvalue weighted by Gasteiger charge is -2.12. The van der Waals surface area contributed by atoms with Gasteiger partial charge in [0.25, 0.3) is 5.91 Å². The third kappa shape index (κ3) is 2.48. The highest BCUT2D eigenvalue weighted by atomic mass is 19.1. The highest BCUT2D eigenvalue weighted by Gasteiger charge is 2.13. The smallest absolute Gasteiger partial charge is 0.251 e. The Bertz CT molecular complexity index is 553. The molecule has 0 bridgehead atoms. The molecule has 0 spiro atoms. The molecule has 0 saturated heterocycles. The Morgan fingerprint density at radius 3 is 2.94 bits per heavy atom. The number of hydrogen-bond acceptors (Lipinski definition) is 3. The molecule has 1 aromatic heterocycles. The molecule has 1 amide bonds. The number of nitrogen functional groups attached to an aromatic ring is 1. The van der Waals surface area contributed by atoms with Crippen LogP contribution >= 0.6 is 0 Å². The van der Waals surface area contributed by atoms with Gasteiger partial charge >= 0.3 is 0 Å². The van der Waals surface area contributed by atoms with Gasteiger partial charge in [-0.1, -0.05) is 0 Å². The standard InChI is InChI=1S/C12H13FN4O/c1-7(9-5-15-16-6-9)17-12(18)8-2-3-10(13)11(14)4-8/h2-7H,14H2,1H3,(H,15,16)(H,17,18). The van der Waals surface area contributed by atoms with Crippen LogP contribution in [0.3, 0.4) is 0 Å². The van der Waals surface area contributed by atoms with E-state index in [0.29, 0.717) is 5.56 Å². The molecule has 1 heterocycles. The number of aromatic nitrogens is 2. The van der Waals surface area contributed by atoms with Crippen molar-refractivity contribution in [1.29, 1.82) is 0 Å². The van der Waals surface area contributed by atoms with Gasteiger partial charge in [-0.3, -0.25) is 9.89 Å². The van der Waals surface area contributed by atoms with E-state index in [9.17, 15) is 9.18 Å². The first-order valence-corrected chi connectivity index (χ1v) is 5.42. The highest BCUT2D eigenvalue weighted by Crippen LogP contribution is 2.14. The minimum absolute atomic E-state index is 0.0429. The van der Waals surface area contributed by atoms with Gasteiger partial charge in [0.05, 0.1) is 17.9 Å². The maximum atomic E-state index is 13.0. The summed E-state index contributed by atoms with van der Waals surface area (Å²) in [5.41, 5.74) is 6.55. The first-order chi connectivity index (χ1) is 8.58. The zero-order valence-electron chi connectivity index (χ0n) is 9.77. The van der Waals surface area contributed by atoms with E-state index in [0.717, 1.165) is 5.56 Å². The topological polar surface area (TPSA) is 83.8 Å². The minimum Gasteiger partial charge on any atom is -0.396 e. The van der Waals surface area contributed by atoms with Crippen LogP contribution in [0.2, 0.25) is 0 Å². The summed E-state index contributed by atoms with van der Waals surface area (Å²) >= 11 is 0. The van der Waals surface area contributed by atoms with Crippen molar-refractivity contribution in [2.75, 3.05) is 5.73 Å². The molecular formula is C12H13FN4O. The van der Waals surface area contributed by atoms with Crippen molar-refractivity contribution in [3.8, 4) is 0 Å². The number of halogens is 1. The van der Waals surface area contributed by atoms with Crippen LogP contribution in [-0.2, 0) is 0 Å². The molecule has 5 nitrogen and oxygen atoms in total. The summed E-state index contributed by atoms with van der Waals surface area (Å²) in [6.45, 7) is 1.83. The maximum Gasteiger partial charge on any atom is 0.251 e. The fourth-order valence-electron chi connectivity index (χ4n) is 1.55. The van der Waals surface area contributed by atoms with Crippen molar-refractivity contribution in [1.82, 2.24) is 15.5 Å². The summed E-state index contributed by atoms with van der Waals surface area (Å²) in [4.78, 5) is 11.9. The van der Waals surface area contributed by atoms with Crippen molar-refractivity contribution >= 4 is 11.6 Å². The fraction of sp³-hybridized carbons (Fsp3) is 0.167. The first kappa shape index (κ1) is 12.1. The van der Waals surface area contributed by atoms with Gasteiger partial charge in [-0.05, 0) is 25.1 Å². The van der Waals surface area contributed by atoms with Crippen molar-refractivity contribution in [3.63, 3.8) is 0 Å². The molecule has 1 aromatic carbocycles. The van der Waals surface area contributed by atoms with Gasteiger partial charge < -0.3 is 11.1 Å². The summed E-state index contributed by atoms with van der Waals surface area (Å²) in [5, 5.41) is 9.24. The first-order valence-electron chi connectivity index (χ1n) is 5.42. The summed E-state index contributed by atoms with van der Waals surface area (Å²) in [6, 6.07) is 3.69. The van der Waals surface area contributed by atoms with Crippen LogP contribution in [-0.4, -0.2) is 16.1 Å². The Labute approximate surface area is 103 Å². The van der Waals surface area contributed by atoms with Gasteiger partial charge in [0, 0.05) is 17.3 Å². The molecule has 0 fully saturated rings. The third-order valence-electron chi connectivity index (χ3n) is 2.63. The van der Waals surface area contributed by atoms with Crippen LogP contribution in [0.4, 0.5) is 10.1 Å². The largest absolute Gasteiger partial charge is 0.396 e. The summed E-state index contributed by atoms with van der Waals surface area (Å²) in [7, 11) is 0. The second-order valence-corrected chi connectivity index (χ2v) is 3.96. The lowest BCUT2D eigenvalue weighted by molar-refractivity contribution is 0.0940. The van der Waals surface area contributed by atoms with Gasteiger partial charge in [-0.25, -0.2) is 4.39 Å². The zero-order valence-corrected chi connectivity index (χ0v) is 9.77. The predicted octanol–water partition coefficient (Wildman–Crippen LogP) is 1.62. The zero-order chi connectivity index (χ0) is 13.1. The number of hydrogen-bond donors (Lipinski definition) is 3. The molecule has 0 aliphatic heterocycles. The summed E-state index contributed by atoms with van der Waals surface area (Å²) in [5.74, 6) is -0.843. The lowest BCUT2D eigenvalue weighted by atomic mass is 10.1. The maximum absolute atomic E-state index is 13.0. The van der Waals surface area contributed by atoms with E-state index in [1.165, 1.54) is 18.2 Å². The van der Waals surface area contributed by atoms with Crippen LogP contribution in [0.25, 0.3) is 0 Å². The number of H-pyrrole nitrogens is 1. The molecule has 0 saturated carbocycles. The van der Waals surface area contributed by atoms with Crippen LogP contribution in [0.1, 0.15) is 28.9 Å². The van der Waals surface area contributed by atoms with E-state index in [-0.39, 0.29) is 17.6 Å². The molecule has 2 rings (SSSR count). The molecule has 4 N–H and O–H groups in total. The quantitative estimate of drug-likeness (QED) is 0.722. The van der Waals surface area contributed by atoms with E-state index < -0.39 is 5.82 Å². The number of aromatic amines is 1. The third-order valence-corrected chi connectivity index (χ3v) is 2.63. The molecule has 1 unspecified atom stereocenters. The normalized spacial score (nSPS) is 12.1. The Morgan fingerprint density at radius 2 is 2.33 bits per heavy atom. The SMILES string of the molecule is CC(NC(=O)c1ccc(F)c(N)c1)c1cn[nH]c1. The lowest BCUT2D eigenvalue weighted by Crippen LogP contribution is -2.26. The van der Waals surface area contributed by atoms with Crippen molar-refractivity contribution in [2.45, 2.75) is 13.0 Å². The minimum atomic E-state index is -0.533. The summed E-state index contributed by atoms with van der Waals surface area (Å²) < 4.78 is 13.0. The van der Waals surface area contributed by atoms with E-state index in [2.05, 4.69) is 15.5 Å². The second kappa shape index (κ2) is 4.87. The molecule has 18 heavy (non-hydrogen) atoms. The number of nitrogens with one attached hydrogen (secondary N) is 2. The Balaban J connectivity index is 2.10. The average Bonchev–Trinajstić information content (AvgIpc) is 2.86. The Kier molecular flexibility index (Phi) is 3.27. The van der Waals surface area contributed by atoms with Crippen LogP contribution < -0.4 is 11.1 Å².